The summed E-state index contributed by atoms with van der Waals surface area (Å²) >= 11 is 0. The third-order valence-corrected chi connectivity index (χ3v) is 15.4. The number of nitrogens with one attached hydrogen (secondary N) is 4. The summed E-state index contributed by atoms with van der Waals surface area (Å²) in [6, 6.07) is -3.07. The van der Waals surface area contributed by atoms with Crippen molar-refractivity contribution in [1.82, 2.24) is 35.5 Å². The quantitative estimate of drug-likeness (QED) is 0.263. The molecular weight excluding hydrogens is 699 g/mol. The van der Waals surface area contributed by atoms with E-state index in [4.69, 9.17) is 0 Å². The number of aromatic nitrogens is 2. The van der Waals surface area contributed by atoms with Gasteiger partial charge in [-0.25, -0.2) is 13.4 Å². The molecule has 5 fully saturated rings. The number of likely N-dealkylation sites (tertiary alicyclic amines) is 1. The van der Waals surface area contributed by atoms with Crippen LogP contribution in [0, 0.1) is 33.0 Å². The molecule has 5 aliphatic rings. The molecule has 6 rings (SSSR count). The minimum atomic E-state index is -3.84. The van der Waals surface area contributed by atoms with Gasteiger partial charge in [0, 0.05) is 24.4 Å². The molecule has 14 nitrogen and oxygen atoms in total. The summed E-state index contributed by atoms with van der Waals surface area (Å²) in [5, 5.41) is 8.12. The molecule has 1 aromatic rings. The molecular formula is C38H57N7O7S. The van der Waals surface area contributed by atoms with E-state index in [0.29, 0.717) is 38.6 Å². The molecule has 0 radical (unpaired) electrons. The molecule has 0 unspecified atom stereocenters. The molecule has 2 spiro atoms. The lowest BCUT2D eigenvalue weighted by molar-refractivity contribution is -0.145. The molecule has 5 amide bonds. The average molecular weight is 756 g/mol. The van der Waals surface area contributed by atoms with Gasteiger partial charge in [0.1, 0.15) is 29.4 Å². The zero-order valence-corrected chi connectivity index (χ0v) is 33.4. The summed E-state index contributed by atoms with van der Waals surface area (Å²) < 4.78 is 27.8. The van der Waals surface area contributed by atoms with Crippen molar-refractivity contribution >= 4 is 39.6 Å². The van der Waals surface area contributed by atoms with Gasteiger partial charge in [-0.15, -0.1) is 0 Å². The van der Waals surface area contributed by atoms with Crippen molar-refractivity contribution in [3.05, 3.63) is 24.3 Å². The van der Waals surface area contributed by atoms with E-state index in [0.717, 1.165) is 19.3 Å². The van der Waals surface area contributed by atoms with Crippen LogP contribution in [0.25, 0.3) is 0 Å². The van der Waals surface area contributed by atoms with Gasteiger partial charge in [-0.2, -0.15) is 0 Å². The molecule has 292 valence electrons. The Hall–Kier alpha value is -3.62. The summed E-state index contributed by atoms with van der Waals surface area (Å²) in [6.07, 6.45) is 9.45. The first kappa shape index (κ1) is 39.1. The fourth-order valence-electron chi connectivity index (χ4n) is 9.70. The number of nitrogens with zero attached hydrogens (tertiary/aromatic N) is 3. The minimum Gasteiger partial charge on any atom is -0.342 e. The number of carbonyl (C=O) groups is 5. The molecule has 15 heteroatoms. The minimum absolute atomic E-state index is 0.0189. The molecule has 1 saturated heterocycles. The number of sulfonamides is 1. The van der Waals surface area contributed by atoms with E-state index in [1.165, 1.54) is 18.6 Å². The van der Waals surface area contributed by atoms with Gasteiger partial charge in [0.25, 0.3) is 11.8 Å². The SMILES string of the molecule is CC[C@@H]1C[C@]1(NC(=O)[C@@H]1C[C@@]2(CN1C(=O)[C@@H](NC(=O)[C@@H](NC(=O)c1cnccn1)C(C)(C)C)C(C)(C)C)C(C)(C)C21CCC1)C(=O)NS(=O)(=O)C1CC1. The first-order valence-corrected chi connectivity index (χ1v) is 20.6. The Morgan fingerprint density at radius 3 is 2.04 bits per heavy atom. The van der Waals surface area contributed by atoms with Gasteiger partial charge < -0.3 is 20.9 Å². The van der Waals surface area contributed by atoms with Crippen LogP contribution in [0.3, 0.4) is 0 Å². The zero-order valence-electron chi connectivity index (χ0n) is 32.6. The highest BCUT2D eigenvalue weighted by molar-refractivity contribution is 7.91. The first-order valence-electron chi connectivity index (χ1n) is 19.0. The molecule has 2 heterocycles. The smallest absolute Gasteiger partial charge is 0.272 e. The van der Waals surface area contributed by atoms with Crippen LogP contribution in [-0.4, -0.2) is 88.3 Å². The van der Waals surface area contributed by atoms with Gasteiger partial charge in [0.2, 0.25) is 27.7 Å². The van der Waals surface area contributed by atoms with E-state index in [1.807, 2.05) is 48.5 Å². The van der Waals surface area contributed by atoms with Crippen LogP contribution in [-0.2, 0) is 29.2 Å². The van der Waals surface area contributed by atoms with Crippen molar-refractivity contribution in [2.75, 3.05) is 6.54 Å². The van der Waals surface area contributed by atoms with Crippen molar-refractivity contribution in [3.8, 4) is 0 Å². The molecule has 1 aliphatic heterocycles. The van der Waals surface area contributed by atoms with E-state index in [1.54, 1.807) is 4.90 Å². The van der Waals surface area contributed by atoms with E-state index in [-0.39, 0.29) is 27.9 Å². The Morgan fingerprint density at radius 2 is 1.57 bits per heavy atom. The Morgan fingerprint density at radius 1 is 0.925 bits per heavy atom. The van der Waals surface area contributed by atoms with Crippen LogP contribution in [0.15, 0.2) is 18.6 Å². The van der Waals surface area contributed by atoms with Crippen LogP contribution < -0.4 is 20.7 Å². The second kappa shape index (κ2) is 12.7. The Bertz CT molecular complexity index is 1800. The molecule has 0 aromatic carbocycles. The van der Waals surface area contributed by atoms with Gasteiger partial charge in [0.15, 0.2) is 0 Å². The average Bonchev–Trinajstić information content (AvgIpc) is 3.99. The van der Waals surface area contributed by atoms with Crippen LogP contribution in [0.2, 0.25) is 0 Å². The molecule has 6 atom stereocenters. The second-order valence-corrected chi connectivity index (χ2v) is 20.9. The number of rotatable bonds is 11. The number of carbonyl (C=O) groups excluding carboxylic acids is 5. The van der Waals surface area contributed by atoms with E-state index >= 15 is 0 Å². The topological polar surface area (TPSA) is 197 Å². The summed E-state index contributed by atoms with van der Waals surface area (Å²) in [7, 11) is -3.84. The standard InChI is InChI=1S/C38H57N7O7S/c1-10-22-18-38(22,32(50)44-53(51,52)23-12-13-23)43-29(47)25-19-37(35(8,9)36(37)14-11-15-36)21-45(25)31(49)27(34(5,6)7)42-30(48)26(33(2,3)4)41-28(46)24-20-39-16-17-40-24/h16-17,20,22-23,25-27H,10-15,18-19,21H2,1-9H3,(H,41,46)(H,42,48)(H,43,47)(H,44,50)/t22-,25+,26-,27-,37-,38-/m1/s1. The van der Waals surface area contributed by atoms with Crippen molar-refractivity contribution in [2.24, 2.45) is 33.0 Å². The van der Waals surface area contributed by atoms with E-state index in [9.17, 15) is 32.4 Å². The van der Waals surface area contributed by atoms with Gasteiger partial charge in [0.05, 0.1) is 11.4 Å². The normalized spacial score (nSPS) is 29.4. The highest BCUT2D eigenvalue weighted by atomic mass is 32.2. The second-order valence-electron chi connectivity index (χ2n) is 18.9. The Kier molecular flexibility index (Phi) is 9.38. The maximum absolute atomic E-state index is 15.0. The number of fused-ring (bicyclic) bond motifs is 1. The largest absolute Gasteiger partial charge is 0.342 e. The van der Waals surface area contributed by atoms with Gasteiger partial charge in [-0.3, -0.25) is 33.7 Å². The fraction of sp³-hybridized carbons (Fsp3) is 0.763. The highest BCUT2D eigenvalue weighted by Crippen LogP contribution is 2.88. The first-order chi connectivity index (χ1) is 24.5. The van der Waals surface area contributed by atoms with Gasteiger partial charge in [-0.05, 0) is 66.1 Å². The fourth-order valence-corrected chi connectivity index (χ4v) is 11.1. The van der Waals surface area contributed by atoms with E-state index < -0.39 is 79.3 Å². The molecule has 4 aliphatic carbocycles. The Labute approximate surface area is 313 Å². The predicted octanol–water partition coefficient (Wildman–Crippen LogP) is 2.84. The van der Waals surface area contributed by atoms with Crippen LogP contribution >= 0.6 is 0 Å². The van der Waals surface area contributed by atoms with Crippen LogP contribution in [0.1, 0.15) is 124 Å². The lowest BCUT2D eigenvalue weighted by atomic mass is 9.73. The van der Waals surface area contributed by atoms with Crippen LogP contribution in [0.5, 0.6) is 0 Å². The Balaban J connectivity index is 1.28. The van der Waals surface area contributed by atoms with Crippen LogP contribution in [0.4, 0.5) is 0 Å². The van der Waals surface area contributed by atoms with Crippen molar-refractivity contribution < 1.29 is 32.4 Å². The highest BCUT2D eigenvalue weighted by Gasteiger charge is 2.85. The van der Waals surface area contributed by atoms with Gasteiger partial charge >= 0.3 is 0 Å². The molecule has 53 heavy (non-hydrogen) atoms. The van der Waals surface area contributed by atoms with Crippen molar-refractivity contribution in [3.63, 3.8) is 0 Å². The van der Waals surface area contributed by atoms with Crippen molar-refractivity contribution in [2.45, 2.75) is 143 Å². The van der Waals surface area contributed by atoms with E-state index in [2.05, 4.69) is 44.5 Å². The summed E-state index contributed by atoms with van der Waals surface area (Å²) in [5.41, 5.74) is -3.41. The number of hydrogen-bond donors (Lipinski definition) is 4. The molecule has 1 aromatic heterocycles. The monoisotopic (exact) mass is 755 g/mol. The molecule has 4 saturated carbocycles. The number of hydrogen-bond acceptors (Lipinski definition) is 9. The lowest BCUT2D eigenvalue weighted by Crippen LogP contribution is -2.63. The lowest BCUT2D eigenvalue weighted by Gasteiger charge is -2.38. The molecule has 0 bridgehead atoms. The molecule has 4 N–H and O–H groups in total. The zero-order chi connectivity index (χ0) is 39.2. The third-order valence-electron chi connectivity index (χ3n) is 13.5. The summed E-state index contributed by atoms with van der Waals surface area (Å²) in [6.45, 7) is 17.6. The maximum Gasteiger partial charge on any atom is 0.272 e. The van der Waals surface area contributed by atoms with Gasteiger partial charge in [-0.1, -0.05) is 75.2 Å². The van der Waals surface area contributed by atoms with Crippen molar-refractivity contribution in [1.29, 1.82) is 0 Å². The number of amides is 5. The maximum atomic E-state index is 15.0. The summed E-state index contributed by atoms with van der Waals surface area (Å²) in [4.78, 5) is 80.0. The summed E-state index contributed by atoms with van der Waals surface area (Å²) in [5.74, 6) is -3.04. The third kappa shape index (κ3) is 6.41. The predicted molar refractivity (Wildman–Crippen MR) is 196 cm³/mol.